The second kappa shape index (κ2) is 3.98. The normalized spacial score (nSPS) is 10.4. The number of anilines is 1. The predicted molar refractivity (Wildman–Crippen MR) is 61.6 cm³/mol. The third-order valence-electron chi connectivity index (χ3n) is 2.27. The van der Waals surface area contributed by atoms with E-state index >= 15 is 0 Å². The van der Waals surface area contributed by atoms with Crippen molar-refractivity contribution in [2.75, 3.05) is 4.42 Å². The highest BCUT2D eigenvalue weighted by molar-refractivity contribution is 6.33. The van der Waals surface area contributed by atoms with Gasteiger partial charge in [-0.1, -0.05) is 0 Å². The molecule has 2 rings (SSSR count). The molecule has 16 heavy (non-hydrogen) atoms. The first kappa shape index (κ1) is 10.7. The maximum Gasteiger partial charge on any atom is 0.336 e. The first-order valence-corrected chi connectivity index (χ1v) is 4.90. The SMILES string of the molecule is Cc1cc(=O)oc2cc(N(Cl)C=O)ccc12. The average Bonchev–Trinajstić information content (AvgIpc) is 2.27. The quantitative estimate of drug-likeness (QED) is 0.457. The number of hydrogen-bond donors (Lipinski definition) is 0. The van der Waals surface area contributed by atoms with Crippen LogP contribution in [-0.4, -0.2) is 6.41 Å². The van der Waals surface area contributed by atoms with Gasteiger partial charge in [0.1, 0.15) is 5.58 Å². The van der Waals surface area contributed by atoms with Gasteiger partial charge in [0.05, 0.1) is 5.69 Å². The number of hydrogen-bond acceptors (Lipinski definition) is 3. The smallest absolute Gasteiger partial charge is 0.336 e. The van der Waals surface area contributed by atoms with Crippen LogP contribution in [-0.2, 0) is 4.79 Å². The van der Waals surface area contributed by atoms with E-state index in [0.29, 0.717) is 17.7 Å². The number of amides is 1. The first-order chi connectivity index (χ1) is 7.61. The topological polar surface area (TPSA) is 50.5 Å². The fourth-order valence-corrected chi connectivity index (χ4v) is 1.61. The molecule has 2 aromatic rings. The Hall–Kier alpha value is -1.81. The first-order valence-electron chi connectivity index (χ1n) is 4.56. The maximum atomic E-state index is 11.2. The summed E-state index contributed by atoms with van der Waals surface area (Å²) >= 11 is 5.62. The molecule has 0 unspecified atom stereocenters. The Morgan fingerprint density at radius 1 is 1.38 bits per heavy atom. The zero-order valence-electron chi connectivity index (χ0n) is 8.44. The fourth-order valence-electron chi connectivity index (χ4n) is 1.51. The minimum atomic E-state index is -0.422. The molecule has 4 nitrogen and oxygen atoms in total. The summed E-state index contributed by atoms with van der Waals surface area (Å²) in [4.78, 5) is 21.6. The molecule has 0 aliphatic carbocycles. The van der Waals surface area contributed by atoms with Crippen LogP contribution in [0.3, 0.4) is 0 Å². The van der Waals surface area contributed by atoms with Crippen molar-refractivity contribution in [1.82, 2.24) is 0 Å². The van der Waals surface area contributed by atoms with E-state index in [0.717, 1.165) is 15.4 Å². The van der Waals surface area contributed by atoms with E-state index < -0.39 is 5.63 Å². The van der Waals surface area contributed by atoms with E-state index in [2.05, 4.69) is 0 Å². The standard InChI is InChI=1S/C11H8ClNO3/c1-7-4-11(15)16-10-5-8(13(12)6-14)2-3-9(7)10/h2-6H,1H3. The molecule has 1 aromatic heterocycles. The molecule has 0 spiro atoms. The molecule has 0 radical (unpaired) electrons. The molecular weight excluding hydrogens is 230 g/mol. The molecule has 82 valence electrons. The molecular formula is C11H8ClNO3. The Balaban J connectivity index is 2.70. The van der Waals surface area contributed by atoms with Crippen molar-refractivity contribution in [3.8, 4) is 0 Å². The van der Waals surface area contributed by atoms with Crippen LogP contribution in [0.5, 0.6) is 0 Å². The highest BCUT2D eigenvalue weighted by atomic mass is 35.5. The van der Waals surface area contributed by atoms with E-state index in [4.69, 9.17) is 16.2 Å². The number of halogens is 1. The number of fused-ring (bicyclic) bond motifs is 1. The van der Waals surface area contributed by atoms with E-state index in [1.165, 1.54) is 6.07 Å². The van der Waals surface area contributed by atoms with Crippen molar-refractivity contribution in [2.24, 2.45) is 0 Å². The van der Waals surface area contributed by atoms with Crippen LogP contribution >= 0.6 is 11.8 Å². The van der Waals surface area contributed by atoms with E-state index in [1.807, 2.05) is 6.92 Å². The van der Waals surface area contributed by atoms with Crippen LogP contribution < -0.4 is 10.0 Å². The molecule has 1 heterocycles. The van der Waals surface area contributed by atoms with Crippen molar-refractivity contribution in [3.05, 3.63) is 40.2 Å². The summed E-state index contributed by atoms with van der Waals surface area (Å²) in [6.07, 6.45) is 0.469. The lowest BCUT2D eigenvalue weighted by Crippen LogP contribution is -2.06. The number of rotatable bonds is 2. The summed E-state index contributed by atoms with van der Waals surface area (Å²) in [5.74, 6) is 0. The lowest BCUT2D eigenvalue weighted by atomic mass is 10.1. The van der Waals surface area contributed by atoms with Gasteiger partial charge >= 0.3 is 5.63 Å². The Labute approximate surface area is 96.1 Å². The largest absolute Gasteiger partial charge is 0.423 e. The summed E-state index contributed by atoms with van der Waals surface area (Å²) in [6.45, 7) is 1.82. The van der Waals surface area contributed by atoms with Crippen LogP contribution in [0, 0.1) is 6.92 Å². The second-order valence-corrected chi connectivity index (χ2v) is 3.71. The van der Waals surface area contributed by atoms with E-state index in [1.54, 1.807) is 18.2 Å². The number of aryl methyl sites for hydroxylation is 1. The molecule has 1 aromatic carbocycles. The molecule has 0 saturated heterocycles. The van der Waals surface area contributed by atoms with Crippen molar-refractivity contribution in [3.63, 3.8) is 0 Å². The zero-order valence-corrected chi connectivity index (χ0v) is 9.19. The van der Waals surface area contributed by atoms with Crippen LogP contribution in [0.2, 0.25) is 0 Å². The minimum Gasteiger partial charge on any atom is -0.423 e. The summed E-state index contributed by atoms with van der Waals surface area (Å²) in [6, 6.07) is 6.39. The summed E-state index contributed by atoms with van der Waals surface area (Å²) in [5, 5.41) is 0.819. The van der Waals surface area contributed by atoms with Crippen molar-refractivity contribution >= 4 is 34.8 Å². The Kier molecular flexibility index (Phi) is 2.66. The highest BCUT2D eigenvalue weighted by Crippen LogP contribution is 2.23. The van der Waals surface area contributed by atoms with Crippen molar-refractivity contribution < 1.29 is 9.21 Å². The van der Waals surface area contributed by atoms with Gasteiger partial charge in [-0.25, -0.2) is 9.21 Å². The number of carbonyl (C=O) groups excluding carboxylic acids is 1. The number of benzene rings is 1. The van der Waals surface area contributed by atoms with Gasteiger partial charge in [-0.2, -0.15) is 0 Å². The molecule has 0 bridgehead atoms. The second-order valence-electron chi connectivity index (χ2n) is 3.35. The molecule has 5 heteroatoms. The van der Waals surface area contributed by atoms with Crippen molar-refractivity contribution in [1.29, 1.82) is 0 Å². The van der Waals surface area contributed by atoms with Gasteiger partial charge in [-0.15, -0.1) is 0 Å². The van der Waals surface area contributed by atoms with Crippen LogP contribution in [0.15, 0.2) is 33.5 Å². The minimum absolute atomic E-state index is 0.412. The molecule has 0 atom stereocenters. The molecule has 0 fully saturated rings. The van der Waals surface area contributed by atoms with Gasteiger partial charge in [0.15, 0.2) is 0 Å². The number of nitrogens with zero attached hydrogens (tertiary/aromatic N) is 1. The van der Waals surface area contributed by atoms with Gasteiger partial charge < -0.3 is 4.42 Å². The van der Waals surface area contributed by atoms with Gasteiger partial charge in [0.2, 0.25) is 6.41 Å². The Morgan fingerprint density at radius 2 is 2.12 bits per heavy atom. The molecule has 0 aliphatic heterocycles. The predicted octanol–water partition coefficient (Wildman–Crippen LogP) is 2.22. The zero-order chi connectivity index (χ0) is 11.7. The third kappa shape index (κ3) is 1.79. The van der Waals surface area contributed by atoms with Crippen LogP contribution in [0.4, 0.5) is 5.69 Å². The van der Waals surface area contributed by atoms with Crippen molar-refractivity contribution in [2.45, 2.75) is 6.92 Å². The lowest BCUT2D eigenvalue weighted by molar-refractivity contribution is -0.106. The summed E-state index contributed by atoms with van der Waals surface area (Å²) in [5.41, 5.74) is 1.27. The van der Waals surface area contributed by atoms with Gasteiger partial charge in [-0.3, -0.25) is 4.79 Å². The fraction of sp³-hybridized carbons (Fsp3) is 0.0909. The Morgan fingerprint density at radius 3 is 2.81 bits per heavy atom. The monoisotopic (exact) mass is 237 g/mol. The van der Waals surface area contributed by atoms with E-state index in [-0.39, 0.29) is 0 Å². The molecule has 0 saturated carbocycles. The lowest BCUT2D eigenvalue weighted by Gasteiger charge is -2.08. The van der Waals surface area contributed by atoms with E-state index in [9.17, 15) is 9.59 Å². The van der Waals surface area contributed by atoms with Crippen LogP contribution in [0.1, 0.15) is 5.56 Å². The summed E-state index contributed by atoms with van der Waals surface area (Å²) < 4.78 is 5.91. The molecule has 0 N–H and O–H groups in total. The molecule has 1 amide bonds. The third-order valence-corrected chi connectivity index (χ3v) is 2.55. The summed E-state index contributed by atoms with van der Waals surface area (Å²) in [7, 11) is 0. The maximum absolute atomic E-state index is 11.2. The highest BCUT2D eigenvalue weighted by Gasteiger charge is 2.06. The average molecular weight is 238 g/mol. The van der Waals surface area contributed by atoms with Gasteiger partial charge in [0, 0.05) is 29.3 Å². The van der Waals surface area contributed by atoms with Crippen LogP contribution in [0.25, 0.3) is 11.0 Å². The Bertz CT molecular complexity index is 606. The van der Waals surface area contributed by atoms with Gasteiger partial charge in [0.25, 0.3) is 0 Å². The van der Waals surface area contributed by atoms with Gasteiger partial charge in [-0.05, 0) is 24.6 Å². The molecule has 0 aliphatic rings. The number of carbonyl (C=O) groups is 1.